The maximum absolute atomic E-state index is 12.5. The Hall–Kier alpha value is -2.91. The third kappa shape index (κ3) is 6.11. The second-order valence-corrected chi connectivity index (χ2v) is 10.3. The average molecular weight is 472 g/mol. The number of hydrogen-bond acceptors (Lipinski definition) is 6. The first kappa shape index (κ1) is 23.3. The topological polar surface area (TPSA) is 105 Å². The van der Waals surface area contributed by atoms with E-state index in [0.717, 1.165) is 31.6 Å². The van der Waals surface area contributed by atoms with Crippen molar-refractivity contribution < 1.29 is 22.7 Å². The molecule has 1 atom stereocenters. The molecule has 1 unspecified atom stereocenters. The molecule has 0 spiro atoms. The zero-order chi connectivity index (χ0) is 23.4. The van der Waals surface area contributed by atoms with Crippen molar-refractivity contribution >= 4 is 33.3 Å². The summed E-state index contributed by atoms with van der Waals surface area (Å²) in [6, 6.07) is 13.2. The van der Waals surface area contributed by atoms with Crippen LogP contribution in [0.25, 0.3) is 0 Å². The van der Waals surface area contributed by atoms with Crippen LogP contribution in [-0.4, -0.2) is 45.5 Å². The predicted molar refractivity (Wildman–Crippen MR) is 126 cm³/mol. The summed E-state index contributed by atoms with van der Waals surface area (Å²) in [5, 5.41) is 2.75. The fourth-order valence-electron chi connectivity index (χ4n) is 3.71. The summed E-state index contributed by atoms with van der Waals surface area (Å²) in [5.74, 6) is -1.23. The largest absolute Gasteiger partial charge is 0.449 e. The number of hydrogen-bond donors (Lipinski definition) is 2. The fourth-order valence-corrected chi connectivity index (χ4v) is 5.06. The Kier molecular flexibility index (Phi) is 6.99. The van der Waals surface area contributed by atoms with Gasteiger partial charge in [-0.3, -0.25) is 4.79 Å². The number of ether oxygens (including phenoxy) is 1. The highest BCUT2D eigenvalue weighted by Crippen LogP contribution is 2.23. The Bertz CT molecular complexity index is 1110. The van der Waals surface area contributed by atoms with Crippen LogP contribution in [0.3, 0.4) is 0 Å². The summed E-state index contributed by atoms with van der Waals surface area (Å²) in [4.78, 5) is 27.4. The highest BCUT2D eigenvalue weighted by molar-refractivity contribution is 7.89. The van der Waals surface area contributed by atoms with E-state index in [1.54, 1.807) is 0 Å². The zero-order valence-electron chi connectivity index (χ0n) is 18.6. The van der Waals surface area contributed by atoms with Crippen LogP contribution in [-0.2, 0) is 19.6 Å². The normalized spacial score (nSPS) is 17.3. The minimum absolute atomic E-state index is 0.00486. The van der Waals surface area contributed by atoms with Gasteiger partial charge in [0.1, 0.15) is 0 Å². The van der Waals surface area contributed by atoms with Crippen molar-refractivity contribution in [2.75, 3.05) is 23.3 Å². The van der Waals surface area contributed by atoms with Gasteiger partial charge in [-0.1, -0.05) is 6.07 Å². The van der Waals surface area contributed by atoms with Gasteiger partial charge >= 0.3 is 5.97 Å². The van der Waals surface area contributed by atoms with Crippen LogP contribution in [0.15, 0.2) is 53.4 Å². The lowest BCUT2D eigenvalue weighted by molar-refractivity contribution is -0.123. The molecule has 4 rings (SSSR count). The Balaban J connectivity index is 1.34. The molecule has 0 radical (unpaired) electrons. The Morgan fingerprint density at radius 3 is 2.39 bits per heavy atom. The van der Waals surface area contributed by atoms with Crippen molar-refractivity contribution in [3.8, 4) is 0 Å². The molecule has 1 aliphatic carbocycles. The van der Waals surface area contributed by atoms with Gasteiger partial charge in [-0.2, -0.15) is 0 Å². The highest BCUT2D eigenvalue weighted by atomic mass is 32.2. The van der Waals surface area contributed by atoms with Crippen molar-refractivity contribution in [2.45, 2.75) is 56.1 Å². The van der Waals surface area contributed by atoms with E-state index in [2.05, 4.69) is 14.9 Å². The fraction of sp³-hybridized carbons (Fsp3) is 0.417. The highest BCUT2D eigenvalue weighted by Gasteiger charge is 2.28. The van der Waals surface area contributed by atoms with E-state index in [1.807, 2.05) is 24.3 Å². The van der Waals surface area contributed by atoms with Crippen LogP contribution in [0.1, 0.15) is 49.4 Å². The Labute approximate surface area is 194 Å². The standard InChI is InChI=1S/C24H29N3O5S/c1-17(23(28)25-19-10-12-21(13-11-19)27-14-3-2-4-15-27)32-24(29)18-6-5-7-22(16-18)33(30,31)26-20-8-9-20/h5-7,10-13,16-17,20,26H,2-4,8-9,14-15H2,1H3,(H,25,28). The molecule has 0 bridgehead atoms. The van der Waals surface area contributed by atoms with Crippen LogP contribution in [0, 0.1) is 0 Å². The van der Waals surface area contributed by atoms with Gasteiger partial charge in [0.25, 0.3) is 5.91 Å². The number of sulfonamides is 1. The summed E-state index contributed by atoms with van der Waals surface area (Å²) >= 11 is 0. The quantitative estimate of drug-likeness (QED) is 0.573. The van der Waals surface area contributed by atoms with Crippen molar-refractivity contribution in [1.82, 2.24) is 4.72 Å². The summed E-state index contributed by atoms with van der Waals surface area (Å²) in [6.45, 7) is 3.56. The number of carbonyl (C=O) groups excluding carboxylic acids is 2. The molecule has 2 aromatic carbocycles. The van der Waals surface area contributed by atoms with E-state index in [0.29, 0.717) is 5.69 Å². The maximum Gasteiger partial charge on any atom is 0.338 e. The van der Waals surface area contributed by atoms with E-state index in [1.165, 1.54) is 50.5 Å². The minimum atomic E-state index is -3.69. The predicted octanol–water partition coefficient (Wildman–Crippen LogP) is 3.30. The van der Waals surface area contributed by atoms with Gasteiger partial charge in [-0.15, -0.1) is 0 Å². The number of piperidine rings is 1. The summed E-state index contributed by atoms with van der Waals surface area (Å²) in [5.41, 5.74) is 1.81. The molecule has 2 aliphatic rings. The molecule has 1 saturated carbocycles. The number of nitrogens with zero attached hydrogens (tertiary/aromatic N) is 1. The molecule has 1 heterocycles. The van der Waals surface area contributed by atoms with E-state index in [4.69, 9.17) is 4.74 Å². The number of benzene rings is 2. The number of esters is 1. The first-order valence-corrected chi connectivity index (χ1v) is 12.8. The molecule has 8 nitrogen and oxygen atoms in total. The van der Waals surface area contributed by atoms with Gasteiger partial charge < -0.3 is 15.0 Å². The molecule has 1 amide bonds. The summed E-state index contributed by atoms with van der Waals surface area (Å²) < 4.78 is 32.6. The molecule has 1 aliphatic heterocycles. The molecular weight excluding hydrogens is 442 g/mol. The molecular formula is C24H29N3O5S. The van der Waals surface area contributed by atoms with Crippen molar-refractivity contribution in [3.63, 3.8) is 0 Å². The van der Waals surface area contributed by atoms with Crippen LogP contribution in [0.5, 0.6) is 0 Å². The lowest BCUT2D eigenvalue weighted by atomic mass is 10.1. The first-order valence-electron chi connectivity index (χ1n) is 11.3. The summed E-state index contributed by atoms with van der Waals surface area (Å²) in [7, 11) is -3.69. The number of nitrogens with one attached hydrogen (secondary N) is 2. The first-order chi connectivity index (χ1) is 15.8. The average Bonchev–Trinajstić information content (AvgIpc) is 3.63. The van der Waals surface area contributed by atoms with Crippen molar-refractivity contribution in [1.29, 1.82) is 0 Å². The van der Waals surface area contributed by atoms with Crippen LogP contribution in [0.2, 0.25) is 0 Å². The molecule has 2 aromatic rings. The molecule has 0 aromatic heterocycles. The lowest BCUT2D eigenvalue weighted by Crippen LogP contribution is -2.30. The van der Waals surface area contributed by atoms with E-state index < -0.39 is 28.0 Å². The van der Waals surface area contributed by atoms with Gasteiger partial charge in [0, 0.05) is 30.5 Å². The summed E-state index contributed by atoms with van der Waals surface area (Å²) in [6.07, 6.45) is 4.21. The number of carbonyl (C=O) groups is 2. The van der Waals surface area contributed by atoms with Gasteiger partial charge in [0.15, 0.2) is 6.10 Å². The molecule has 1 saturated heterocycles. The van der Waals surface area contributed by atoms with Crippen LogP contribution < -0.4 is 14.9 Å². The third-order valence-electron chi connectivity index (χ3n) is 5.79. The molecule has 9 heteroatoms. The molecule has 176 valence electrons. The third-order valence-corrected chi connectivity index (χ3v) is 7.31. The Morgan fingerprint density at radius 1 is 1.03 bits per heavy atom. The monoisotopic (exact) mass is 471 g/mol. The lowest BCUT2D eigenvalue weighted by Gasteiger charge is -2.28. The van der Waals surface area contributed by atoms with Gasteiger partial charge in [0.2, 0.25) is 10.0 Å². The molecule has 2 N–H and O–H groups in total. The zero-order valence-corrected chi connectivity index (χ0v) is 19.4. The number of anilines is 2. The second kappa shape index (κ2) is 9.93. The Morgan fingerprint density at radius 2 is 1.73 bits per heavy atom. The SMILES string of the molecule is CC(OC(=O)c1cccc(S(=O)(=O)NC2CC2)c1)C(=O)Nc1ccc(N2CCCCC2)cc1. The number of amides is 1. The molecule has 33 heavy (non-hydrogen) atoms. The van der Waals surface area contributed by atoms with Gasteiger partial charge in [-0.05, 0) is 81.5 Å². The van der Waals surface area contributed by atoms with E-state index in [9.17, 15) is 18.0 Å². The number of rotatable bonds is 8. The van der Waals surface area contributed by atoms with E-state index >= 15 is 0 Å². The minimum Gasteiger partial charge on any atom is -0.449 e. The van der Waals surface area contributed by atoms with Gasteiger partial charge in [0.05, 0.1) is 10.5 Å². The second-order valence-electron chi connectivity index (χ2n) is 8.55. The van der Waals surface area contributed by atoms with Crippen molar-refractivity contribution in [2.24, 2.45) is 0 Å². The van der Waals surface area contributed by atoms with E-state index in [-0.39, 0.29) is 16.5 Å². The van der Waals surface area contributed by atoms with Gasteiger partial charge in [-0.25, -0.2) is 17.9 Å². The maximum atomic E-state index is 12.5. The molecule has 2 fully saturated rings. The van der Waals surface area contributed by atoms with Crippen molar-refractivity contribution in [3.05, 3.63) is 54.1 Å². The van der Waals surface area contributed by atoms with Crippen LogP contribution in [0.4, 0.5) is 11.4 Å². The van der Waals surface area contributed by atoms with Crippen LogP contribution >= 0.6 is 0 Å². The smallest absolute Gasteiger partial charge is 0.338 e.